The summed E-state index contributed by atoms with van der Waals surface area (Å²) in [5.74, 6) is -5.03. The number of fused-ring (bicyclic) bond motifs is 1. The molecule has 1 aliphatic heterocycles. The normalized spacial score (nSPS) is 13.7. The number of aromatic nitrogens is 3. The topological polar surface area (TPSA) is 159 Å². The summed E-state index contributed by atoms with van der Waals surface area (Å²) in [7, 11) is 0. The smallest absolute Gasteiger partial charge is 0.417 e. The van der Waals surface area contributed by atoms with E-state index in [-0.39, 0.29) is 59.2 Å². The Kier molecular flexibility index (Phi) is 11.0. The summed E-state index contributed by atoms with van der Waals surface area (Å²) in [5.41, 5.74) is -0.590. The number of carboxylic acid groups (broad SMARTS) is 1. The number of rotatable bonds is 13. The summed E-state index contributed by atoms with van der Waals surface area (Å²) in [6, 6.07) is 7.27. The number of esters is 1. The molecule has 0 spiro atoms. The fourth-order valence-electron chi connectivity index (χ4n) is 5.10. The number of hydrogen-bond donors (Lipinski definition) is 3. The van der Waals surface area contributed by atoms with E-state index in [0.717, 1.165) is 12.1 Å². The third-order valence-electron chi connectivity index (χ3n) is 7.66. The van der Waals surface area contributed by atoms with Crippen LogP contribution in [-0.2, 0) is 31.8 Å². The number of aliphatic carboxylic acids is 1. The molecule has 0 fully saturated rings. The Morgan fingerprint density at radius 1 is 1.08 bits per heavy atom. The number of halogens is 5. The molecule has 2 aromatic carbocycles. The number of benzene rings is 2. The molecule has 0 bridgehead atoms. The molecule has 0 radical (unpaired) electrons. The second kappa shape index (κ2) is 15.3. The van der Waals surface area contributed by atoms with Crippen molar-refractivity contribution < 1.29 is 50.9 Å². The number of pyridine rings is 1. The molecule has 2 unspecified atom stereocenters. The van der Waals surface area contributed by atoms with Crippen molar-refractivity contribution in [2.75, 3.05) is 13.2 Å². The first kappa shape index (κ1) is 36.4. The summed E-state index contributed by atoms with van der Waals surface area (Å²) in [6.45, 7) is 2.73. The van der Waals surface area contributed by atoms with Gasteiger partial charge in [-0.05, 0) is 49.7 Å². The molecule has 268 valence electrons. The van der Waals surface area contributed by atoms with Crippen LogP contribution in [0.1, 0.15) is 55.2 Å². The number of alkyl halides is 3. The van der Waals surface area contributed by atoms with Crippen LogP contribution >= 0.6 is 0 Å². The monoisotopic (exact) mass is 714 g/mol. The van der Waals surface area contributed by atoms with E-state index >= 15 is 0 Å². The Bertz CT molecular complexity index is 1950. The number of ether oxygens (including phenoxy) is 2. The Morgan fingerprint density at radius 3 is 2.55 bits per heavy atom. The Balaban J connectivity index is 1.43. The van der Waals surface area contributed by atoms with Gasteiger partial charge in [0.15, 0.2) is 17.7 Å². The van der Waals surface area contributed by atoms with Crippen LogP contribution in [0, 0.1) is 11.6 Å². The Morgan fingerprint density at radius 2 is 1.86 bits per heavy atom. The molecule has 0 saturated carbocycles. The predicted molar refractivity (Wildman–Crippen MR) is 171 cm³/mol. The van der Waals surface area contributed by atoms with Crippen molar-refractivity contribution in [3.8, 4) is 28.4 Å². The highest BCUT2D eigenvalue weighted by molar-refractivity contribution is 5.84. The minimum absolute atomic E-state index is 0.00336. The lowest BCUT2D eigenvalue weighted by atomic mass is 10.0. The molecule has 5 rings (SSSR count). The first-order chi connectivity index (χ1) is 24.3. The van der Waals surface area contributed by atoms with Gasteiger partial charge in [-0.1, -0.05) is 19.1 Å². The lowest BCUT2D eigenvalue weighted by Crippen LogP contribution is -2.39. The number of nitrogens with one attached hydrogen (secondary N) is 2. The van der Waals surface area contributed by atoms with E-state index in [0.29, 0.717) is 12.1 Å². The van der Waals surface area contributed by atoms with Crippen molar-refractivity contribution in [3.63, 3.8) is 0 Å². The van der Waals surface area contributed by atoms with Crippen molar-refractivity contribution in [2.24, 2.45) is 5.10 Å². The van der Waals surface area contributed by atoms with Crippen LogP contribution < -0.4 is 10.1 Å². The number of carboxylic acids is 1. The van der Waals surface area contributed by atoms with Gasteiger partial charge < -0.3 is 24.9 Å². The molecule has 1 amide bonds. The lowest BCUT2D eigenvalue weighted by molar-refractivity contribution is -0.152. The zero-order chi connectivity index (χ0) is 36.9. The molecule has 0 aliphatic carbocycles. The summed E-state index contributed by atoms with van der Waals surface area (Å²) < 4.78 is 81.4. The fourth-order valence-corrected chi connectivity index (χ4v) is 5.10. The Hall–Kier alpha value is -5.87. The maximum absolute atomic E-state index is 14.5. The van der Waals surface area contributed by atoms with Gasteiger partial charge in [-0.2, -0.15) is 18.3 Å². The van der Waals surface area contributed by atoms with Crippen LogP contribution in [-0.4, -0.2) is 68.4 Å². The highest BCUT2D eigenvalue weighted by Gasteiger charge is 2.36. The van der Waals surface area contributed by atoms with Crippen molar-refractivity contribution in [3.05, 3.63) is 88.9 Å². The number of H-pyrrole nitrogens is 1. The number of carbonyl (C=O) groups excluding carboxylic acids is 2. The molecule has 1 aliphatic rings. The van der Waals surface area contributed by atoms with Crippen LogP contribution in [0.2, 0.25) is 0 Å². The standard InChI is InChI=1S/C34H31F5N6O6/c1-3-12-50-20-8-9-21(23(14-20)34(37,38)39)25-10-7-19(15-40-25)30(33(49)51-13-11-28(46)42-18(2)32(47)48)45-17-27-26(16-41-45)43-31(44-27)22-5-4-6-24(35)29(22)36/h4-10,14-16,18,30H,3,11-13,17H2,1-2H3,(H,42,46)(H,43,44)(H,47,48). The van der Waals surface area contributed by atoms with Gasteiger partial charge in [0, 0.05) is 17.3 Å². The van der Waals surface area contributed by atoms with Crippen molar-refractivity contribution in [1.29, 1.82) is 0 Å². The number of nitrogens with zero attached hydrogens (tertiary/aromatic N) is 4. The first-order valence-electron chi connectivity index (χ1n) is 15.6. The van der Waals surface area contributed by atoms with Gasteiger partial charge in [0.25, 0.3) is 0 Å². The van der Waals surface area contributed by atoms with Gasteiger partial charge in [0.05, 0.1) is 48.3 Å². The second-order valence-electron chi connectivity index (χ2n) is 11.4. The maximum Gasteiger partial charge on any atom is 0.417 e. The highest BCUT2D eigenvalue weighted by Crippen LogP contribution is 2.39. The molecule has 17 heteroatoms. The molecule has 2 atom stereocenters. The SMILES string of the molecule is CCCOc1ccc(-c2ccc(C(C(=O)OCCC(=O)NC(C)C(=O)O)N3Cc4[nH]c(-c5cccc(F)c5F)nc4C=N3)cn2)c(C(F)(F)F)c1. The molecular weight excluding hydrogens is 683 g/mol. The molecule has 2 aromatic heterocycles. The summed E-state index contributed by atoms with van der Waals surface area (Å²) in [5, 5.41) is 16.8. The zero-order valence-corrected chi connectivity index (χ0v) is 27.1. The van der Waals surface area contributed by atoms with Gasteiger partial charge in [-0.15, -0.1) is 0 Å². The lowest BCUT2D eigenvalue weighted by Gasteiger charge is -2.29. The summed E-state index contributed by atoms with van der Waals surface area (Å²) in [6.07, 6.45) is -2.05. The summed E-state index contributed by atoms with van der Waals surface area (Å²) >= 11 is 0. The number of imidazole rings is 1. The first-order valence-corrected chi connectivity index (χ1v) is 15.6. The van der Waals surface area contributed by atoms with Gasteiger partial charge in [0.2, 0.25) is 5.91 Å². The minimum atomic E-state index is -4.74. The minimum Gasteiger partial charge on any atom is -0.494 e. The number of aromatic amines is 1. The third kappa shape index (κ3) is 8.48. The van der Waals surface area contributed by atoms with Crippen LogP contribution in [0.15, 0.2) is 59.8 Å². The van der Waals surface area contributed by atoms with Crippen LogP contribution in [0.3, 0.4) is 0 Å². The quantitative estimate of drug-likeness (QED) is 0.118. The van der Waals surface area contributed by atoms with Crippen LogP contribution in [0.4, 0.5) is 22.0 Å². The predicted octanol–water partition coefficient (Wildman–Crippen LogP) is 5.64. The van der Waals surface area contributed by atoms with Crippen molar-refractivity contribution in [2.45, 2.75) is 51.5 Å². The van der Waals surface area contributed by atoms with Gasteiger partial charge >= 0.3 is 18.1 Å². The van der Waals surface area contributed by atoms with E-state index in [1.807, 2.05) is 6.92 Å². The number of amides is 1. The number of hydrazone groups is 1. The zero-order valence-electron chi connectivity index (χ0n) is 27.1. The third-order valence-corrected chi connectivity index (χ3v) is 7.66. The second-order valence-corrected chi connectivity index (χ2v) is 11.4. The molecule has 0 saturated heterocycles. The van der Waals surface area contributed by atoms with Crippen LogP contribution in [0.25, 0.3) is 22.6 Å². The number of hydrogen-bond acceptors (Lipinski definition) is 9. The van der Waals surface area contributed by atoms with Crippen molar-refractivity contribution >= 4 is 24.1 Å². The van der Waals surface area contributed by atoms with E-state index in [2.05, 4.69) is 25.4 Å². The van der Waals surface area contributed by atoms with Crippen molar-refractivity contribution in [1.82, 2.24) is 25.3 Å². The van der Waals surface area contributed by atoms with E-state index in [4.69, 9.17) is 14.6 Å². The van der Waals surface area contributed by atoms with E-state index in [9.17, 15) is 36.3 Å². The molecule has 3 heterocycles. The molecule has 12 nitrogen and oxygen atoms in total. The van der Waals surface area contributed by atoms with Gasteiger partial charge in [-0.3, -0.25) is 19.6 Å². The molecule has 51 heavy (non-hydrogen) atoms. The van der Waals surface area contributed by atoms with Crippen LogP contribution in [0.5, 0.6) is 5.75 Å². The maximum atomic E-state index is 14.5. The fraction of sp³-hybridized carbons (Fsp3) is 0.294. The average Bonchev–Trinajstić information content (AvgIpc) is 3.52. The van der Waals surface area contributed by atoms with Gasteiger partial charge in [-0.25, -0.2) is 18.6 Å². The highest BCUT2D eigenvalue weighted by atomic mass is 19.4. The van der Waals surface area contributed by atoms with E-state index in [1.54, 1.807) is 0 Å². The van der Waals surface area contributed by atoms with E-state index < -0.39 is 59.9 Å². The van der Waals surface area contributed by atoms with E-state index in [1.165, 1.54) is 60.7 Å². The number of carbonyl (C=O) groups is 3. The van der Waals surface area contributed by atoms with Gasteiger partial charge in [0.1, 0.15) is 29.9 Å². The Labute approximate surface area is 287 Å². The molecule has 3 N–H and O–H groups in total. The summed E-state index contributed by atoms with van der Waals surface area (Å²) in [4.78, 5) is 48.2. The largest absolute Gasteiger partial charge is 0.494 e. The molecule has 4 aromatic rings. The average molecular weight is 715 g/mol. The molecular formula is C34H31F5N6O6.